The second kappa shape index (κ2) is 8.66. The minimum Gasteiger partial charge on any atom is -0.366 e. The maximum atomic E-state index is 13.2. The normalized spacial score (nSPS) is 23.7. The van der Waals surface area contributed by atoms with E-state index in [0.717, 1.165) is 44.4 Å². The molecule has 6 heteroatoms. The van der Waals surface area contributed by atoms with E-state index < -0.39 is 0 Å². The molecule has 2 aromatic carbocycles. The zero-order chi connectivity index (χ0) is 19.1. The molecule has 0 N–H and O–H groups in total. The Kier molecular flexibility index (Phi) is 6.19. The van der Waals surface area contributed by atoms with Crippen molar-refractivity contribution in [3.05, 3.63) is 59.4 Å². The van der Waals surface area contributed by atoms with Gasteiger partial charge in [-0.25, -0.2) is 4.39 Å². The van der Waals surface area contributed by atoms with Gasteiger partial charge < -0.3 is 14.6 Å². The summed E-state index contributed by atoms with van der Waals surface area (Å²) in [5.41, 5.74) is 3.92. The average molecular weight is 433 g/mol. The van der Waals surface area contributed by atoms with E-state index in [4.69, 9.17) is 0 Å². The van der Waals surface area contributed by atoms with Crippen molar-refractivity contribution in [1.82, 2.24) is 4.90 Å². The predicted molar refractivity (Wildman–Crippen MR) is 119 cm³/mol. The van der Waals surface area contributed by atoms with Crippen molar-refractivity contribution in [3.8, 4) is 0 Å². The van der Waals surface area contributed by atoms with Crippen molar-refractivity contribution in [3.63, 3.8) is 0 Å². The number of anilines is 1. The van der Waals surface area contributed by atoms with Crippen molar-refractivity contribution >= 4 is 36.1 Å². The predicted octanol–water partition coefficient (Wildman–Crippen LogP) is 4.70. The van der Waals surface area contributed by atoms with Crippen LogP contribution in [0.15, 0.2) is 47.4 Å². The Labute approximate surface area is 182 Å². The van der Waals surface area contributed by atoms with Gasteiger partial charge in [0.2, 0.25) is 0 Å². The molecular weight excluding hydrogens is 407 g/mol. The van der Waals surface area contributed by atoms with Crippen LogP contribution in [0.5, 0.6) is 0 Å². The fraction of sp³-hybridized carbons (Fsp3) is 0.435. The number of hydrogen-bond acceptors (Lipinski definition) is 4. The van der Waals surface area contributed by atoms with Gasteiger partial charge in [-0.2, -0.15) is 0 Å². The Morgan fingerprint density at radius 1 is 1.17 bits per heavy atom. The molecule has 3 nitrogen and oxygen atoms in total. The van der Waals surface area contributed by atoms with Crippen LogP contribution in [0.25, 0.3) is 0 Å². The monoisotopic (exact) mass is 432 g/mol. The van der Waals surface area contributed by atoms with E-state index in [-0.39, 0.29) is 24.1 Å². The third kappa shape index (κ3) is 3.80. The number of hydrogen-bond donors (Lipinski definition) is 0. The molecule has 1 fully saturated rings. The van der Waals surface area contributed by atoms with Gasteiger partial charge in [-0.15, -0.1) is 24.2 Å². The molecule has 2 aromatic rings. The lowest BCUT2D eigenvalue weighted by molar-refractivity contribution is -0.109. The molecule has 0 amide bonds. The van der Waals surface area contributed by atoms with E-state index in [1.807, 2.05) is 11.8 Å². The van der Waals surface area contributed by atoms with Gasteiger partial charge in [-0.3, -0.25) is 0 Å². The first-order valence-electron chi connectivity index (χ1n) is 10.2. The Morgan fingerprint density at radius 3 is 2.79 bits per heavy atom. The number of para-hydroxylation sites is 1. The summed E-state index contributed by atoms with van der Waals surface area (Å²) in [6, 6.07) is 13.8. The van der Waals surface area contributed by atoms with Crippen LogP contribution in [0.4, 0.5) is 10.1 Å². The number of benzene rings is 2. The molecule has 0 aromatic heterocycles. The number of nitrogens with zero attached hydrogens (tertiary/aromatic N) is 2. The van der Waals surface area contributed by atoms with Gasteiger partial charge in [0.05, 0.1) is 5.69 Å². The molecule has 0 bridgehead atoms. The summed E-state index contributed by atoms with van der Waals surface area (Å²) in [7, 11) is 0. The molecule has 1 unspecified atom stereocenters. The molecule has 3 aliphatic heterocycles. The van der Waals surface area contributed by atoms with Crippen molar-refractivity contribution in [2.45, 2.75) is 35.6 Å². The minimum absolute atomic E-state index is 0. The van der Waals surface area contributed by atoms with E-state index in [1.54, 1.807) is 12.1 Å². The number of fused-ring (bicyclic) bond motifs is 3. The van der Waals surface area contributed by atoms with Gasteiger partial charge in [0, 0.05) is 48.2 Å². The van der Waals surface area contributed by atoms with Crippen molar-refractivity contribution in [1.29, 1.82) is 0 Å². The number of likely N-dealkylation sites (tertiary alicyclic amines) is 1. The van der Waals surface area contributed by atoms with Gasteiger partial charge in [0.15, 0.2) is 0 Å². The van der Waals surface area contributed by atoms with Crippen molar-refractivity contribution < 1.29 is 9.18 Å². The van der Waals surface area contributed by atoms with Crippen molar-refractivity contribution in [2.75, 3.05) is 36.8 Å². The zero-order valence-electron chi connectivity index (χ0n) is 16.3. The van der Waals surface area contributed by atoms with E-state index in [1.165, 1.54) is 40.5 Å². The molecule has 0 aliphatic carbocycles. The topological polar surface area (TPSA) is 23.6 Å². The van der Waals surface area contributed by atoms with E-state index in [2.05, 4.69) is 28.0 Å². The van der Waals surface area contributed by atoms with Gasteiger partial charge in [0.1, 0.15) is 12.1 Å². The Hall–Kier alpha value is -1.56. The van der Waals surface area contributed by atoms with Crippen LogP contribution in [-0.4, -0.2) is 49.2 Å². The lowest BCUT2D eigenvalue weighted by atomic mass is 9.88. The lowest BCUT2D eigenvalue weighted by Gasteiger charge is -2.40. The highest BCUT2D eigenvalue weighted by Gasteiger charge is 2.43. The number of carbonyl (C=O) groups is 1. The summed E-state index contributed by atoms with van der Waals surface area (Å²) in [4.78, 5) is 18.2. The molecule has 154 valence electrons. The maximum absolute atomic E-state index is 13.2. The first-order chi connectivity index (χ1) is 13.7. The van der Waals surface area contributed by atoms with Crippen LogP contribution in [-0.2, 0) is 4.79 Å². The summed E-state index contributed by atoms with van der Waals surface area (Å²) >= 11 is 1.99. The van der Waals surface area contributed by atoms with Crippen LogP contribution in [0, 0.1) is 5.82 Å². The van der Waals surface area contributed by atoms with Gasteiger partial charge in [-0.05, 0) is 48.7 Å². The highest BCUT2D eigenvalue weighted by atomic mass is 35.5. The number of piperidine rings is 1. The second-order valence-electron chi connectivity index (χ2n) is 8.08. The quantitative estimate of drug-likeness (QED) is 0.639. The number of carbonyl (C=O) groups excluding carboxylic acids is 1. The lowest BCUT2D eigenvalue weighted by Crippen LogP contribution is -2.47. The largest absolute Gasteiger partial charge is 0.366 e. The maximum Gasteiger partial charge on any atom is 0.127 e. The highest BCUT2D eigenvalue weighted by molar-refractivity contribution is 7.99. The van der Waals surface area contributed by atoms with E-state index >= 15 is 0 Å². The van der Waals surface area contributed by atoms with E-state index in [0.29, 0.717) is 12.0 Å². The number of rotatable bonds is 5. The standard InChI is InChI=1S/C23H25FN2OS.ClH/c24-18-6-4-16(5-7-18)17(15-27)8-10-25-11-9-21-20(14-25)19-2-1-3-22-23(19)26(21)12-13-28-22;/h1-7,15,17,20-21H,8-14H2;1H/t17?,20-,21-;/m0./s1. The molecule has 5 rings (SSSR count). The summed E-state index contributed by atoms with van der Waals surface area (Å²) in [6.45, 7) is 4.22. The van der Waals surface area contributed by atoms with Crippen LogP contribution in [0.1, 0.15) is 35.8 Å². The molecular formula is C23H26ClFN2OS. The Bertz CT molecular complexity index is 878. The SMILES string of the molecule is Cl.O=CC(CCN1CC[C@H]2[C@@H](C1)c1cccc3c1N2CCS3)c1ccc(F)cc1. The van der Waals surface area contributed by atoms with Crippen LogP contribution >= 0.6 is 24.2 Å². The minimum atomic E-state index is -0.255. The van der Waals surface area contributed by atoms with Crippen LogP contribution in [0.2, 0.25) is 0 Å². The fourth-order valence-corrected chi connectivity index (χ4v) is 6.25. The molecule has 1 saturated heterocycles. The first kappa shape index (κ1) is 20.7. The second-order valence-corrected chi connectivity index (χ2v) is 9.22. The van der Waals surface area contributed by atoms with Crippen LogP contribution < -0.4 is 4.90 Å². The molecule has 0 saturated carbocycles. The molecule has 0 spiro atoms. The average Bonchev–Trinajstić information content (AvgIpc) is 3.05. The Morgan fingerprint density at radius 2 is 2.00 bits per heavy atom. The molecule has 3 atom stereocenters. The number of halogens is 2. The van der Waals surface area contributed by atoms with E-state index in [9.17, 15) is 9.18 Å². The third-order valence-electron chi connectivity index (χ3n) is 6.59. The summed E-state index contributed by atoms with van der Waals surface area (Å²) in [5, 5.41) is 0. The smallest absolute Gasteiger partial charge is 0.127 e. The van der Waals surface area contributed by atoms with Crippen molar-refractivity contribution in [2.24, 2.45) is 0 Å². The zero-order valence-corrected chi connectivity index (χ0v) is 17.9. The number of thioether (sulfide) groups is 1. The fourth-order valence-electron chi connectivity index (χ4n) is 5.19. The van der Waals surface area contributed by atoms with Gasteiger partial charge in [-0.1, -0.05) is 24.3 Å². The molecule has 0 radical (unpaired) electrons. The third-order valence-corrected chi connectivity index (χ3v) is 7.61. The summed E-state index contributed by atoms with van der Waals surface area (Å²) in [5.74, 6) is 1.34. The molecule has 3 aliphatic rings. The van der Waals surface area contributed by atoms with Gasteiger partial charge in [0.25, 0.3) is 0 Å². The molecule has 29 heavy (non-hydrogen) atoms. The van der Waals surface area contributed by atoms with Crippen LogP contribution in [0.3, 0.4) is 0 Å². The summed E-state index contributed by atoms with van der Waals surface area (Å²) < 4.78 is 13.2. The Balaban J connectivity index is 0.00000205. The summed E-state index contributed by atoms with van der Waals surface area (Å²) in [6.07, 6.45) is 2.99. The highest BCUT2D eigenvalue weighted by Crippen LogP contribution is 2.50. The molecule has 3 heterocycles. The first-order valence-corrected chi connectivity index (χ1v) is 11.2. The number of aldehydes is 1. The van der Waals surface area contributed by atoms with Gasteiger partial charge >= 0.3 is 0 Å².